The van der Waals surface area contributed by atoms with E-state index in [0.29, 0.717) is 6.54 Å². The molecule has 0 amide bonds. The first-order chi connectivity index (χ1) is 9.35. The SMILES string of the molecule is CCn1cc(S(=O)(=O)NC(C)c2cnn(C)c2C)cn1. The van der Waals surface area contributed by atoms with Gasteiger partial charge < -0.3 is 0 Å². The summed E-state index contributed by atoms with van der Waals surface area (Å²) >= 11 is 0. The summed E-state index contributed by atoms with van der Waals surface area (Å²) in [6.45, 7) is 6.24. The van der Waals surface area contributed by atoms with Crippen molar-refractivity contribution >= 4 is 10.0 Å². The lowest BCUT2D eigenvalue weighted by atomic mass is 10.1. The van der Waals surface area contributed by atoms with Gasteiger partial charge in [0, 0.05) is 37.1 Å². The molecule has 20 heavy (non-hydrogen) atoms. The number of aromatic nitrogens is 4. The smallest absolute Gasteiger partial charge is 0.244 e. The zero-order valence-corrected chi connectivity index (χ0v) is 12.8. The van der Waals surface area contributed by atoms with Gasteiger partial charge in [-0.1, -0.05) is 0 Å². The number of aryl methyl sites for hydroxylation is 2. The van der Waals surface area contributed by atoms with Gasteiger partial charge in [0.15, 0.2) is 0 Å². The summed E-state index contributed by atoms with van der Waals surface area (Å²) in [5.74, 6) is 0. The first-order valence-corrected chi connectivity index (χ1v) is 7.86. The van der Waals surface area contributed by atoms with E-state index in [0.717, 1.165) is 11.3 Å². The van der Waals surface area contributed by atoms with Crippen LogP contribution in [0, 0.1) is 6.92 Å². The van der Waals surface area contributed by atoms with Crippen LogP contribution in [0.2, 0.25) is 0 Å². The standard InChI is InChI=1S/C12H19N5O2S/c1-5-17-8-11(6-14-17)20(18,19)15-9(2)12-7-13-16(4)10(12)3/h6-9,15H,5H2,1-4H3. The monoisotopic (exact) mass is 297 g/mol. The Bertz CT molecular complexity index is 701. The van der Waals surface area contributed by atoms with E-state index in [4.69, 9.17) is 0 Å². The van der Waals surface area contributed by atoms with Crippen LogP contribution in [0.5, 0.6) is 0 Å². The minimum Gasteiger partial charge on any atom is -0.273 e. The van der Waals surface area contributed by atoms with E-state index in [-0.39, 0.29) is 10.9 Å². The summed E-state index contributed by atoms with van der Waals surface area (Å²) in [5.41, 5.74) is 1.79. The highest BCUT2D eigenvalue weighted by molar-refractivity contribution is 7.89. The van der Waals surface area contributed by atoms with Gasteiger partial charge in [-0.3, -0.25) is 9.36 Å². The predicted octanol–water partition coefficient (Wildman–Crippen LogP) is 0.984. The van der Waals surface area contributed by atoms with Crippen LogP contribution < -0.4 is 4.72 Å². The summed E-state index contributed by atoms with van der Waals surface area (Å²) in [5, 5.41) is 8.11. The minimum absolute atomic E-state index is 0.174. The lowest BCUT2D eigenvalue weighted by Crippen LogP contribution is -2.27. The molecule has 0 saturated carbocycles. The number of hydrogen-bond acceptors (Lipinski definition) is 4. The zero-order chi connectivity index (χ0) is 14.9. The second-order valence-electron chi connectivity index (χ2n) is 4.68. The van der Waals surface area contributed by atoms with Crippen molar-refractivity contribution < 1.29 is 8.42 Å². The quantitative estimate of drug-likeness (QED) is 0.892. The molecule has 1 unspecified atom stereocenters. The molecule has 0 radical (unpaired) electrons. The molecule has 0 aliphatic rings. The molecular weight excluding hydrogens is 278 g/mol. The molecular formula is C12H19N5O2S. The summed E-state index contributed by atoms with van der Waals surface area (Å²) in [7, 11) is -1.75. The molecule has 0 bridgehead atoms. The van der Waals surface area contributed by atoms with Gasteiger partial charge in [-0.2, -0.15) is 10.2 Å². The molecule has 0 aromatic carbocycles. The van der Waals surface area contributed by atoms with Crippen LogP contribution >= 0.6 is 0 Å². The summed E-state index contributed by atoms with van der Waals surface area (Å²) in [6, 6.07) is -0.348. The molecule has 0 spiro atoms. The molecule has 8 heteroatoms. The van der Waals surface area contributed by atoms with E-state index in [2.05, 4.69) is 14.9 Å². The van der Waals surface area contributed by atoms with E-state index < -0.39 is 10.0 Å². The van der Waals surface area contributed by atoms with E-state index in [9.17, 15) is 8.42 Å². The van der Waals surface area contributed by atoms with Gasteiger partial charge >= 0.3 is 0 Å². The molecule has 2 rings (SSSR count). The van der Waals surface area contributed by atoms with Crippen LogP contribution in [0.15, 0.2) is 23.5 Å². The van der Waals surface area contributed by atoms with Crippen molar-refractivity contribution in [3.8, 4) is 0 Å². The fraction of sp³-hybridized carbons (Fsp3) is 0.500. The molecule has 0 aliphatic carbocycles. The summed E-state index contributed by atoms with van der Waals surface area (Å²) < 4.78 is 30.5. The van der Waals surface area contributed by atoms with Gasteiger partial charge in [-0.15, -0.1) is 0 Å². The molecule has 110 valence electrons. The van der Waals surface area contributed by atoms with Crippen molar-refractivity contribution in [1.82, 2.24) is 24.3 Å². The van der Waals surface area contributed by atoms with Crippen molar-refractivity contribution in [3.05, 3.63) is 29.8 Å². The normalized spacial score (nSPS) is 13.6. The molecule has 0 aliphatic heterocycles. The Labute approximate surface area is 118 Å². The Morgan fingerprint density at radius 3 is 2.55 bits per heavy atom. The summed E-state index contributed by atoms with van der Waals surface area (Å²) in [4.78, 5) is 0.174. The molecule has 2 aromatic rings. The second-order valence-corrected chi connectivity index (χ2v) is 6.40. The third-order valence-corrected chi connectivity index (χ3v) is 4.81. The van der Waals surface area contributed by atoms with Crippen LogP contribution in [0.3, 0.4) is 0 Å². The van der Waals surface area contributed by atoms with E-state index in [1.54, 1.807) is 22.5 Å². The molecule has 2 heterocycles. The van der Waals surface area contributed by atoms with Crippen molar-refractivity contribution in [2.75, 3.05) is 0 Å². The third-order valence-electron chi connectivity index (χ3n) is 3.32. The second kappa shape index (κ2) is 5.37. The maximum absolute atomic E-state index is 12.3. The molecule has 0 fully saturated rings. The number of nitrogens with zero attached hydrogens (tertiary/aromatic N) is 4. The molecule has 1 N–H and O–H groups in total. The van der Waals surface area contributed by atoms with Gasteiger partial charge in [-0.05, 0) is 20.8 Å². The third kappa shape index (κ3) is 2.75. The number of nitrogens with one attached hydrogen (secondary N) is 1. The number of hydrogen-bond donors (Lipinski definition) is 1. The lowest BCUT2D eigenvalue weighted by Gasteiger charge is -2.13. The first kappa shape index (κ1) is 14.7. The highest BCUT2D eigenvalue weighted by Gasteiger charge is 2.22. The van der Waals surface area contributed by atoms with Gasteiger partial charge in [0.1, 0.15) is 4.90 Å². The Morgan fingerprint density at radius 1 is 1.35 bits per heavy atom. The van der Waals surface area contributed by atoms with E-state index >= 15 is 0 Å². The van der Waals surface area contributed by atoms with Crippen LogP contribution in [0.1, 0.15) is 31.1 Å². The Morgan fingerprint density at radius 2 is 2.05 bits per heavy atom. The molecule has 0 saturated heterocycles. The topological polar surface area (TPSA) is 81.8 Å². The molecule has 2 aromatic heterocycles. The van der Waals surface area contributed by atoms with Crippen LogP contribution in [0.25, 0.3) is 0 Å². The number of sulfonamides is 1. The Balaban J connectivity index is 2.22. The van der Waals surface area contributed by atoms with Gasteiger partial charge in [-0.25, -0.2) is 13.1 Å². The first-order valence-electron chi connectivity index (χ1n) is 6.38. The lowest BCUT2D eigenvalue weighted by molar-refractivity contribution is 0.565. The molecule has 7 nitrogen and oxygen atoms in total. The minimum atomic E-state index is -3.57. The van der Waals surface area contributed by atoms with Crippen LogP contribution in [-0.4, -0.2) is 28.0 Å². The highest BCUT2D eigenvalue weighted by atomic mass is 32.2. The zero-order valence-electron chi connectivity index (χ0n) is 12.0. The Kier molecular flexibility index (Phi) is 3.96. The van der Waals surface area contributed by atoms with E-state index in [1.165, 1.54) is 12.4 Å². The largest absolute Gasteiger partial charge is 0.273 e. The van der Waals surface area contributed by atoms with Crippen molar-refractivity contribution in [2.24, 2.45) is 7.05 Å². The maximum atomic E-state index is 12.3. The summed E-state index contributed by atoms with van der Waals surface area (Å²) in [6.07, 6.45) is 4.55. The van der Waals surface area contributed by atoms with Crippen molar-refractivity contribution in [3.63, 3.8) is 0 Å². The van der Waals surface area contributed by atoms with Gasteiger partial charge in [0.2, 0.25) is 10.0 Å². The fourth-order valence-corrected chi connectivity index (χ4v) is 3.14. The van der Waals surface area contributed by atoms with Crippen LogP contribution in [-0.2, 0) is 23.6 Å². The average Bonchev–Trinajstić information content (AvgIpc) is 2.98. The highest BCUT2D eigenvalue weighted by Crippen LogP contribution is 2.19. The predicted molar refractivity (Wildman–Crippen MR) is 74.6 cm³/mol. The van der Waals surface area contributed by atoms with Gasteiger partial charge in [0.05, 0.1) is 12.4 Å². The van der Waals surface area contributed by atoms with Crippen molar-refractivity contribution in [2.45, 2.75) is 38.3 Å². The fourth-order valence-electron chi connectivity index (χ4n) is 1.96. The number of rotatable bonds is 5. The average molecular weight is 297 g/mol. The molecule has 1 atom stereocenters. The maximum Gasteiger partial charge on any atom is 0.244 e. The van der Waals surface area contributed by atoms with Crippen LogP contribution in [0.4, 0.5) is 0 Å². The Hall–Kier alpha value is -1.67. The van der Waals surface area contributed by atoms with Crippen molar-refractivity contribution in [1.29, 1.82) is 0 Å². The van der Waals surface area contributed by atoms with Gasteiger partial charge in [0.25, 0.3) is 0 Å². The van der Waals surface area contributed by atoms with E-state index in [1.807, 2.05) is 20.9 Å².